The minimum Gasteiger partial charge on any atom is -0.496 e. The van der Waals surface area contributed by atoms with Crippen molar-refractivity contribution in [2.45, 2.75) is 45.7 Å². The van der Waals surface area contributed by atoms with Crippen LogP contribution in [0.15, 0.2) is 30.5 Å². The number of amides is 1. The van der Waals surface area contributed by atoms with E-state index in [1.54, 1.807) is 13.3 Å². The molecule has 5 heteroatoms. The number of methoxy groups -OCH3 is 1. The van der Waals surface area contributed by atoms with Gasteiger partial charge >= 0.3 is 0 Å². The number of rotatable bonds is 5. The maximum atomic E-state index is 13.1. The molecule has 2 heterocycles. The maximum absolute atomic E-state index is 13.1. The first-order valence-corrected chi connectivity index (χ1v) is 8.63. The lowest BCUT2D eigenvalue weighted by atomic mass is 10.0. The van der Waals surface area contributed by atoms with Crippen LogP contribution in [0.5, 0.6) is 5.75 Å². The van der Waals surface area contributed by atoms with Gasteiger partial charge in [-0.2, -0.15) is 5.10 Å². The quantitative estimate of drug-likeness (QED) is 0.843. The zero-order chi connectivity index (χ0) is 17.1. The van der Waals surface area contributed by atoms with E-state index in [0.717, 1.165) is 49.4 Å². The Morgan fingerprint density at radius 3 is 2.92 bits per heavy atom. The summed E-state index contributed by atoms with van der Waals surface area (Å²) in [5, 5.41) is 4.37. The SMILES string of the molecule is CCCn1ncc(C(=O)N2CCCC2c2ccccc2OC)c1C. The standard InChI is InChI=1S/C19H25N3O2/c1-4-11-22-14(2)16(13-20-22)19(23)21-12-7-9-17(21)15-8-5-6-10-18(15)24-3/h5-6,8,10,13,17H,4,7,9,11-12H2,1-3H3. The molecular weight excluding hydrogens is 302 g/mol. The summed E-state index contributed by atoms with van der Waals surface area (Å²) in [6, 6.07) is 8.05. The monoisotopic (exact) mass is 327 g/mol. The van der Waals surface area contributed by atoms with Gasteiger partial charge < -0.3 is 9.64 Å². The predicted molar refractivity (Wildman–Crippen MR) is 93.3 cm³/mol. The molecule has 24 heavy (non-hydrogen) atoms. The second-order valence-corrected chi connectivity index (χ2v) is 6.27. The predicted octanol–water partition coefficient (Wildman–Crippen LogP) is 3.59. The van der Waals surface area contributed by atoms with Gasteiger partial charge in [-0.1, -0.05) is 25.1 Å². The summed E-state index contributed by atoms with van der Waals surface area (Å²) < 4.78 is 7.41. The van der Waals surface area contributed by atoms with Crippen LogP contribution in [0.3, 0.4) is 0 Å². The van der Waals surface area contributed by atoms with Gasteiger partial charge in [0.2, 0.25) is 0 Å². The number of aromatic nitrogens is 2. The summed E-state index contributed by atoms with van der Waals surface area (Å²) in [5.41, 5.74) is 2.75. The molecule has 1 saturated heterocycles. The number of para-hydroxylation sites is 1. The third kappa shape index (κ3) is 2.90. The molecule has 1 aliphatic rings. The van der Waals surface area contributed by atoms with Gasteiger partial charge in [0.05, 0.1) is 24.9 Å². The first-order chi connectivity index (χ1) is 11.7. The van der Waals surface area contributed by atoms with E-state index in [0.29, 0.717) is 5.56 Å². The molecule has 0 aliphatic carbocycles. The third-order valence-electron chi connectivity index (χ3n) is 4.78. The van der Waals surface area contributed by atoms with Crippen molar-refractivity contribution >= 4 is 5.91 Å². The summed E-state index contributed by atoms with van der Waals surface area (Å²) in [6.45, 7) is 5.71. The third-order valence-corrected chi connectivity index (χ3v) is 4.78. The van der Waals surface area contributed by atoms with Gasteiger partial charge in [0, 0.05) is 24.3 Å². The molecule has 0 saturated carbocycles. The van der Waals surface area contributed by atoms with E-state index >= 15 is 0 Å². The van der Waals surface area contributed by atoms with Crippen molar-refractivity contribution in [1.82, 2.24) is 14.7 Å². The summed E-state index contributed by atoms with van der Waals surface area (Å²) in [6.07, 6.45) is 4.69. The molecule has 1 atom stereocenters. The molecule has 128 valence electrons. The normalized spacial score (nSPS) is 17.3. The Bertz CT molecular complexity index is 723. The highest BCUT2D eigenvalue weighted by Crippen LogP contribution is 2.37. The van der Waals surface area contributed by atoms with Gasteiger partial charge in [-0.05, 0) is 32.3 Å². The molecular formula is C19H25N3O2. The molecule has 1 unspecified atom stereocenters. The molecule has 3 rings (SSSR count). The second-order valence-electron chi connectivity index (χ2n) is 6.27. The number of hydrogen-bond acceptors (Lipinski definition) is 3. The van der Waals surface area contributed by atoms with Crippen LogP contribution in [-0.2, 0) is 6.54 Å². The van der Waals surface area contributed by atoms with Crippen LogP contribution in [0.1, 0.15) is 53.8 Å². The first-order valence-electron chi connectivity index (χ1n) is 8.63. The fourth-order valence-corrected chi connectivity index (χ4v) is 3.52. The molecule has 2 aromatic rings. The van der Waals surface area contributed by atoms with E-state index in [1.165, 1.54) is 0 Å². The fraction of sp³-hybridized carbons (Fsp3) is 0.474. The minimum absolute atomic E-state index is 0.0718. The van der Waals surface area contributed by atoms with E-state index in [4.69, 9.17) is 4.74 Å². The maximum Gasteiger partial charge on any atom is 0.257 e. The number of likely N-dealkylation sites (tertiary alicyclic amines) is 1. The molecule has 0 spiro atoms. The van der Waals surface area contributed by atoms with E-state index < -0.39 is 0 Å². The van der Waals surface area contributed by atoms with E-state index in [2.05, 4.69) is 18.1 Å². The molecule has 0 N–H and O–H groups in total. The average molecular weight is 327 g/mol. The van der Waals surface area contributed by atoms with Gasteiger partial charge in [0.15, 0.2) is 0 Å². The Labute approximate surface area is 143 Å². The molecule has 1 aliphatic heterocycles. The summed E-state index contributed by atoms with van der Waals surface area (Å²) in [4.78, 5) is 15.1. The highest BCUT2D eigenvalue weighted by atomic mass is 16.5. The van der Waals surface area contributed by atoms with E-state index in [9.17, 15) is 4.79 Å². The van der Waals surface area contributed by atoms with Crippen molar-refractivity contribution in [3.63, 3.8) is 0 Å². The lowest BCUT2D eigenvalue weighted by Gasteiger charge is -2.26. The number of aryl methyl sites for hydroxylation is 1. The lowest BCUT2D eigenvalue weighted by Crippen LogP contribution is -2.31. The summed E-state index contributed by atoms with van der Waals surface area (Å²) in [7, 11) is 1.68. The van der Waals surface area contributed by atoms with Crippen LogP contribution in [-0.4, -0.2) is 34.2 Å². The largest absolute Gasteiger partial charge is 0.496 e. The van der Waals surface area contributed by atoms with Crippen LogP contribution in [0.2, 0.25) is 0 Å². The Hall–Kier alpha value is -2.30. The smallest absolute Gasteiger partial charge is 0.257 e. The van der Waals surface area contributed by atoms with Gasteiger partial charge in [-0.15, -0.1) is 0 Å². The number of hydrogen-bond donors (Lipinski definition) is 0. The first kappa shape index (κ1) is 16.6. The van der Waals surface area contributed by atoms with Crippen LogP contribution in [0, 0.1) is 6.92 Å². The number of benzene rings is 1. The Morgan fingerprint density at radius 1 is 1.38 bits per heavy atom. The molecule has 5 nitrogen and oxygen atoms in total. The summed E-state index contributed by atoms with van der Waals surface area (Å²) in [5.74, 6) is 0.920. The van der Waals surface area contributed by atoms with Crippen molar-refractivity contribution < 1.29 is 9.53 Å². The van der Waals surface area contributed by atoms with Crippen LogP contribution < -0.4 is 4.74 Å². The summed E-state index contributed by atoms with van der Waals surface area (Å²) >= 11 is 0. The second kappa shape index (κ2) is 7.07. The van der Waals surface area contributed by atoms with Crippen LogP contribution >= 0.6 is 0 Å². The molecule has 0 bridgehead atoms. The van der Waals surface area contributed by atoms with Crippen molar-refractivity contribution in [1.29, 1.82) is 0 Å². The van der Waals surface area contributed by atoms with Crippen molar-refractivity contribution in [3.8, 4) is 5.75 Å². The lowest BCUT2D eigenvalue weighted by molar-refractivity contribution is 0.0733. The zero-order valence-corrected chi connectivity index (χ0v) is 14.7. The van der Waals surface area contributed by atoms with Gasteiger partial charge in [0.25, 0.3) is 5.91 Å². The van der Waals surface area contributed by atoms with E-state index in [1.807, 2.05) is 34.7 Å². The van der Waals surface area contributed by atoms with Crippen molar-refractivity contribution in [3.05, 3.63) is 47.3 Å². The van der Waals surface area contributed by atoms with Gasteiger partial charge in [0.1, 0.15) is 5.75 Å². The minimum atomic E-state index is 0.0718. The van der Waals surface area contributed by atoms with Gasteiger partial charge in [-0.3, -0.25) is 9.48 Å². The van der Waals surface area contributed by atoms with Crippen LogP contribution in [0.4, 0.5) is 0 Å². The van der Waals surface area contributed by atoms with Crippen molar-refractivity contribution in [2.75, 3.05) is 13.7 Å². The number of nitrogens with zero attached hydrogens (tertiary/aromatic N) is 3. The van der Waals surface area contributed by atoms with Crippen molar-refractivity contribution in [2.24, 2.45) is 0 Å². The Kier molecular flexibility index (Phi) is 4.88. The Morgan fingerprint density at radius 2 is 2.17 bits per heavy atom. The Balaban J connectivity index is 1.89. The number of ether oxygens (including phenoxy) is 1. The number of carbonyl (C=O) groups is 1. The van der Waals surface area contributed by atoms with Crippen LogP contribution in [0.25, 0.3) is 0 Å². The average Bonchev–Trinajstić information content (AvgIpc) is 3.22. The molecule has 1 aromatic carbocycles. The van der Waals surface area contributed by atoms with E-state index in [-0.39, 0.29) is 11.9 Å². The molecule has 1 fully saturated rings. The highest BCUT2D eigenvalue weighted by molar-refractivity contribution is 5.95. The fourth-order valence-electron chi connectivity index (χ4n) is 3.52. The molecule has 1 amide bonds. The molecule has 0 radical (unpaired) electrons. The molecule has 1 aromatic heterocycles. The highest BCUT2D eigenvalue weighted by Gasteiger charge is 2.33. The topological polar surface area (TPSA) is 47.4 Å². The number of carbonyl (C=O) groups excluding carboxylic acids is 1. The zero-order valence-electron chi connectivity index (χ0n) is 14.7. The van der Waals surface area contributed by atoms with Gasteiger partial charge in [-0.25, -0.2) is 0 Å².